The molecule has 5 heterocycles. The molecule has 0 aromatic rings. The standard InChI is InChI=1S/C44H70O17/c1-18-8-13-44(61-38(18)53)19(2)29-27(60-44)15-25-23-7-6-21-14-22(9-11-42(21,4)24(23)10-12-43(25,29)5)56-41-37(59-40-34(51)32(49)30(47)20(3)55-40)35(52)36(28(16-45)57-41)58-39-33(50)31(48)26(46)17-54-39/h6,18-20,22-41,45-53H,7-17H2,1-5H3/t18-,19+,20+,22+,23-,24+,25+,26-,27+,28-,29+,30+,31+,32-,33-,34-,35+,36-,37-,38-,39+,40+,41-,42+,43+,44+/m1/s1. The molecule has 348 valence electrons. The van der Waals surface area contributed by atoms with Crippen LogP contribution in [0.1, 0.15) is 92.4 Å². The van der Waals surface area contributed by atoms with Crippen LogP contribution >= 0.6 is 0 Å². The molecular weight excluding hydrogens is 800 g/mol. The summed E-state index contributed by atoms with van der Waals surface area (Å²) < 4.78 is 49.4. The topological polar surface area (TPSA) is 256 Å². The minimum Gasteiger partial charge on any atom is -0.394 e. The van der Waals surface area contributed by atoms with Gasteiger partial charge in [0.2, 0.25) is 0 Å². The molecule has 17 heteroatoms. The predicted molar refractivity (Wildman–Crippen MR) is 209 cm³/mol. The minimum absolute atomic E-state index is 0.0518. The first-order valence-corrected chi connectivity index (χ1v) is 22.9. The molecule has 9 rings (SSSR count). The molecule has 8 fully saturated rings. The van der Waals surface area contributed by atoms with Crippen LogP contribution in [-0.2, 0) is 37.9 Å². The van der Waals surface area contributed by atoms with Gasteiger partial charge in [-0.25, -0.2) is 0 Å². The van der Waals surface area contributed by atoms with Crippen molar-refractivity contribution in [3.05, 3.63) is 11.6 Å². The van der Waals surface area contributed by atoms with Gasteiger partial charge >= 0.3 is 0 Å². The van der Waals surface area contributed by atoms with E-state index in [1.165, 1.54) is 12.5 Å². The molecule has 0 amide bonds. The van der Waals surface area contributed by atoms with Gasteiger partial charge in [-0.3, -0.25) is 0 Å². The molecule has 26 atom stereocenters. The van der Waals surface area contributed by atoms with Gasteiger partial charge in [0.25, 0.3) is 0 Å². The third kappa shape index (κ3) is 7.41. The van der Waals surface area contributed by atoms with E-state index in [0.29, 0.717) is 36.5 Å². The highest BCUT2D eigenvalue weighted by Gasteiger charge is 2.69. The molecular formula is C44H70O17. The number of aliphatic hydroxyl groups is 9. The summed E-state index contributed by atoms with van der Waals surface area (Å²) in [6.07, 6.45) is -11.2. The van der Waals surface area contributed by atoms with Crippen LogP contribution in [0.3, 0.4) is 0 Å². The van der Waals surface area contributed by atoms with Crippen LogP contribution in [0.5, 0.6) is 0 Å². The van der Waals surface area contributed by atoms with Gasteiger partial charge in [0.1, 0.15) is 61.0 Å². The average molecular weight is 871 g/mol. The van der Waals surface area contributed by atoms with Crippen LogP contribution in [0.15, 0.2) is 11.6 Å². The first kappa shape index (κ1) is 45.2. The third-order valence-corrected chi connectivity index (χ3v) is 17.5. The summed E-state index contributed by atoms with van der Waals surface area (Å²) in [7, 11) is 0. The van der Waals surface area contributed by atoms with Gasteiger partial charge in [-0.2, -0.15) is 0 Å². The fraction of sp³-hybridized carbons (Fsp3) is 0.955. The summed E-state index contributed by atoms with van der Waals surface area (Å²) in [6, 6.07) is 0. The van der Waals surface area contributed by atoms with E-state index in [1.807, 2.05) is 6.92 Å². The van der Waals surface area contributed by atoms with Crippen molar-refractivity contribution in [3.8, 4) is 0 Å². The van der Waals surface area contributed by atoms with E-state index in [2.05, 4.69) is 26.8 Å². The van der Waals surface area contributed by atoms with Gasteiger partial charge < -0.3 is 83.9 Å². The van der Waals surface area contributed by atoms with Crippen molar-refractivity contribution in [2.45, 2.75) is 203 Å². The molecule has 0 aromatic carbocycles. The van der Waals surface area contributed by atoms with E-state index in [0.717, 1.165) is 44.9 Å². The Morgan fingerprint density at radius 3 is 2.20 bits per heavy atom. The number of rotatable bonds is 7. The van der Waals surface area contributed by atoms with Gasteiger partial charge in [-0.05, 0) is 92.8 Å². The molecule has 61 heavy (non-hydrogen) atoms. The zero-order valence-electron chi connectivity index (χ0n) is 35.9. The van der Waals surface area contributed by atoms with Gasteiger partial charge in [-0.15, -0.1) is 0 Å². The Balaban J connectivity index is 0.912. The summed E-state index contributed by atoms with van der Waals surface area (Å²) in [6.45, 7) is 9.68. The van der Waals surface area contributed by atoms with Crippen molar-refractivity contribution in [2.75, 3.05) is 13.2 Å². The zero-order valence-corrected chi connectivity index (χ0v) is 35.9. The molecule has 3 saturated carbocycles. The summed E-state index contributed by atoms with van der Waals surface area (Å²) in [4.78, 5) is 0. The molecule has 17 nitrogen and oxygen atoms in total. The number of allylic oxidation sites excluding steroid dienone is 1. The zero-order chi connectivity index (χ0) is 43.5. The summed E-state index contributed by atoms with van der Waals surface area (Å²) in [5.41, 5.74) is 1.38. The molecule has 4 aliphatic carbocycles. The van der Waals surface area contributed by atoms with E-state index in [-0.39, 0.29) is 41.5 Å². The van der Waals surface area contributed by atoms with Crippen LogP contribution in [0.2, 0.25) is 0 Å². The van der Waals surface area contributed by atoms with Crippen molar-refractivity contribution in [1.82, 2.24) is 0 Å². The molecule has 9 aliphatic rings. The fourth-order valence-electron chi connectivity index (χ4n) is 13.8. The second kappa shape index (κ2) is 16.7. The maximum absolute atomic E-state index is 11.9. The van der Waals surface area contributed by atoms with Crippen molar-refractivity contribution in [3.63, 3.8) is 0 Å². The molecule has 0 bridgehead atoms. The smallest absolute Gasteiger partial charge is 0.187 e. The molecule has 5 aliphatic heterocycles. The SMILES string of the molecule is C[C@@H]1CC[C@@]2(O[C@H]1O)O[C@H]1C[C@H]3[C@@H]4CC=C5C[C@@H](O[C@@H]6O[C@H](CO)[C@@H](O[C@@H]7OC[C@@H](O)[C@H](O)[C@H]7O)[C@H](O)[C@H]6O[C@@H]6O[C@@H](C)[C@H](O)[C@@H](O)[C@H]6O)CC[C@]5(C)[C@H]4CC[C@]3(C)[C@H]1[C@@H]2C. The highest BCUT2D eigenvalue weighted by molar-refractivity contribution is 5.26. The van der Waals surface area contributed by atoms with Gasteiger partial charge in [0.15, 0.2) is 30.9 Å². The predicted octanol–water partition coefficient (Wildman–Crippen LogP) is 0.172. The van der Waals surface area contributed by atoms with Crippen molar-refractivity contribution < 1.29 is 83.9 Å². The van der Waals surface area contributed by atoms with Gasteiger partial charge in [0.05, 0.1) is 31.5 Å². The van der Waals surface area contributed by atoms with E-state index < -0.39 is 105 Å². The number of aliphatic hydroxyl groups excluding tert-OH is 9. The summed E-state index contributed by atoms with van der Waals surface area (Å²) in [5, 5.41) is 95.8. The number of ether oxygens (including phenoxy) is 8. The highest BCUT2D eigenvalue weighted by Crippen LogP contribution is 2.71. The molecule has 5 saturated heterocycles. The Bertz CT molecular complexity index is 1600. The van der Waals surface area contributed by atoms with Crippen LogP contribution < -0.4 is 0 Å². The molecule has 0 radical (unpaired) electrons. The third-order valence-electron chi connectivity index (χ3n) is 17.5. The minimum atomic E-state index is -1.71. The lowest BCUT2D eigenvalue weighted by Gasteiger charge is -2.59. The Labute approximate surface area is 357 Å². The Morgan fingerprint density at radius 1 is 0.721 bits per heavy atom. The lowest BCUT2D eigenvalue weighted by molar-refractivity contribution is -0.385. The quantitative estimate of drug-likeness (QED) is 0.155. The largest absolute Gasteiger partial charge is 0.394 e. The first-order valence-electron chi connectivity index (χ1n) is 22.9. The van der Waals surface area contributed by atoms with Gasteiger partial charge in [0, 0.05) is 18.3 Å². The second-order valence-electron chi connectivity index (χ2n) is 20.7. The highest BCUT2D eigenvalue weighted by atomic mass is 16.8. The fourth-order valence-corrected chi connectivity index (χ4v) is 13.8. The Kier molecular flexibility index (Phi) is 12.4. The summed E-state index contributed by atoms with van der Waals surface area (Å²) in [5.74, 6) is 1.43. The van der Waals surface area contributed by atoms with Crippen LogP contribution in [0.25, 0.3) is 0 Å². The van der Waals surface area contributed by atoms with E-state index in [4.69, 9.17) is 37.9 Å². The molecule has 0 unspecified atom stereocenters. The second-order valence-corrected chi connectivity index (χ2v) is 20.7. The number of fused-ring (bicyclic) bond motifs is 7. The maximum atomic E-state index is 11.9. The van der Waals surface area contributed by atoms with Crippen molar-refractivity contribution in [1.29, 1.82) is 0 Å². The van der Waals surface area contributed by atoms with Crippen LogP contribution in [-0.4, -0.2) is 169 Å². The number of hydrogen-bond acceptors (Lipinski definition) is 17. The average Bonchev–Trinajstić information content (AvgIpc) is 3.68. The first-order chi connectivity index (χ1) is 28.9. The van der Waals surface area contributed by atoms with E-state index in [1.54, 1.807) is 0 Å². The monoisotopic (exact) mass is 870 g/mol. The molecule has 9 N–H and O–H groups in total. The molecule has 1 spiro atoms. The maximum Gasteiger partial charge on any atom is 0.187 e. The van der Waals surface area contributed by atoms with E-state index in [9.17, 15) is 46.0 Å². The normalized spacial score (nSPS) is 58.4. The van der Waals surface area contributed by atoms with Crippen LogP contribution in [0, 0.1) is 46.3 Å². The van der Waals surface area contributed by atoms with Crippen molar-refractivity contribution >= 4 is 0 Å². The lowest BCUT2D eigenvalue weighted by Crippen LogP contribution is -2.66. The Hall–Kier alpha value is -0.940. The number of hydrogen-bond donors (Lipinski definition) is 9. The van der Waals surface area contributed by atoms with Crippen LogP contribution in [0.4, 0.5) is 0 Å². The Morgan fingerprint density at radius 2 is 1.46 bits per heavy atom. The lowest BCUT2D eigenvalue weighted by atomic mass is 9.47. The van der Waals surface area contributed by atoms with Crippen molar-refractivity contribution in [2.24, 2.45) is 46.3 Å². The summed E-state index contributed by atoms with van der Waals surface area (Å²) >= 11 is 0. The van der Waals surface area contributed by atoms with Gasteiger partial charge in [-0.1, -0.05) is 39.3 Å². The van der Waals surface area contributed by atoms with E-state index >= 15 is 0 Å². The molecule has 0 aromatic heterocycles.